The highest BCUT2D eigenvalue weighted by molar-refractivity contribution is 8.15. The Balaban J connectivity index is 2.14. The number of aryl methyl sites for hydroxylation is 1. The molecule has 2 rings (SSSR count). The zero-order chi connectivity index (χ0) is 15.6. The number of benzene rings is 1. The number of rotatable bonds is 3. The molecular formula is C13H17N3O3S2. The van der Waals surface area contributed by atoms with Crippen molar-refractivity contribution in [2.24, 2.45) is 4.40 Å². The van der Waals surface area contributed by atoms with Crippen molar-refractivity contribution in [3.8, 4) is 0 Å². The van der Waals surface area contributed by atoms with Gasteiger partial charge in [0.1, 0.15) is 4.90 Å². The van der Waals surface area contributed by atoms with Gasteiger partial charge in [0.25, 0.3) is 10.0 Å². The number of thioether (sulfide) groups is 1. The minimum absolute atomic E-state index is 0.0476. The molecule has 114 valence electrons. The third-order valence-electron chi connectivity index (χ3n) is 2.65. The Morgan fingerprint density at radius 2 is 2.14 bits per heavy atom. The van der Waals surface area contributed by atoms with E-state index in [1.165, 1.54) is 6.07 Å². The van der Waals surface area contributed by atoms with Crippen LogP contribution in [-0.2, 0) is 14.8 Å². The fraction of sp³-hybridized carbons (Fsp3) is 0.385. The fourth-order valence-electron chi connectivity index (χ4n) is 1.82. The molecule has 0 aromatic heterocycles. The number of amides is 1. The highest BCUT2D eigenvalue weighted by Gasteiger charge is 2.25. The Morgan fingerprint density at radius 1 is 1.43 bits per heavy atom. The summed E-state index contributed by atoms with van der Waals surface area (Å²) in [5, 5.41) is 5.91. The topological polar surface area (TPSA) is 87.6 Å². The van der Waals surface area contributed by atoms with Gasteiger partial charge in [0.05, 0.1) is 11.4 Å². The number of anilines is 1. The molecular weight excluding hydrogens is 310 g/mol. The molecule has 0 aliphatic carbocycles. The van der Waals surface area contributed by atoms with Gasteiger partial charge in [0.15, 0.2) is 5.17 Å². The molecule has 8 heteroatoms. The van der Waals surface area contributed by atoms with E-state index >= 15 is 0 Å². The summed E-state index contributed by atoms with van der Waals surface area (Å²) in [7, 11) is -3.71. The van der Waals surface area contributed by atoms with E-state index in [2.05, 4.69) is 15.0 Å². The lowest BCUT2D eigenvalue weighted by Crippen LogP contribution is -2.32. The lowest BCUT2D eigenvalue weighted by molar-refractivity contribution is -0.119. The van der Waals surface area contributed by atoms with E-state index in [0.717, 1.165) is 17.3 Å². The normalized spacial score (nSPS) is 15.9. The molecule has 0 saturated carbocycles. The van der Waals surface area contributed by atoms with Crippen molar-refractivity contribution in [3.05, 3.63) is 23.8 Å². The highest BCUT2D eigenvalue weighted by atomic mass is 32.2. The number of carbonyl (C=O) groups excluding carboxylic acids is 1. The van der Waals surface area contributed by atoms with Crippen LogP contribution >= 0.6 is 11.8 Å². The van der Waals surface area contributed by atoms with Crippen LogP contribution in [0.4, 0.5) is 5.69 Å². The number of amidine groups is 1. The minimum Gasteiger partial charge on any atom is -0.353 e. The average molecular weight is 327 g/mol. The fourth-order valence-corrected chi connectivity index (χ4v) is 3.85. The van der Waals surface area contributed by atoms with E-state index in [0.29, 0.717) is 5.69 Å². The molecule has 1 heterocycles. The lowest BCUT2D eigenvalue weighted by atomic mass is 10.2. The van der Waals surface area contributed by atoms with Gasteiger partial charge < -0.3 is 10.6 Å². The van der Waals surface area contributed by atoms with E-state index in [4.69, 9.17) is 0 Å². The van der Waals surface area contributed by atoms with Crippen LogP contribution in [0, 0.1) is 6.92 Å². The monoisotopic (exact) mass is 327 g/mol. The second-order valence-electron chi connectivity index (χ2n) is 5.01. The third kappa shape index (κ3) is 3.98. The molecule has 1 aromatic carbocycles. The molecule has 0 unspecified atom stereocenters. The van der Waals surface area contributed by atoms with E-state index < -0.39 is 10.0 Å². The van der Waals surface area contributed by atoms with Crippen LogP contribution in [-0.4, -0.2) is 31.3 Å². The number of hydrogen-bond acceptors (Lipinski definition) is 5. The standard InChI is InChI=1S/C13H17N3O3S2/c1-8(2)14-12(17)7-20-13-15-10-6-9(3)4-5-11(10)21(18,19)16-13/h4-6,8H,7H2,1-3H3,(H,14,17)(H,15,16). The van der Waals surface area contributed by atoms with Gasteiger partial charge in [-0.2, -0.15) is 8.42 Å². The molecule has 21 heavy (non-hydrogen) atoms. The first kappa shape index (κ1) is 15.8. The number of sulfonamides is 1. The first-order valence-electron chi connectivity index (χ1n) is 6.43. The molecule has 2 N–H and O–H groups in total. The Bertz CT molecular complexity index is 697. The van der Waals surface area contributed by atoms with E-state index in [9.17, 15) is 13.2 Å². The highest BCUT2D eigenvalue weighted by Crippen LogP contribution is 2.30. The Hall–Kier alpha value is -1.54. The predicted molar refractivity (Wildman–Crippen MR) is 85.2 cm³/mol. The second kappa shape index (κ2) is 6.07. The molecule has 0 saturated heterocycles. The summed E-state index contributed by atoms with van der Waals surface area (Å²) in [6.45, 7) is 5.61. The summed E-state index contributed by atoms with van der Waals surface area (Å²) < 4.78 is 27.8. The molecule has 0 fully saturated rings. The molecule has 1 aromatic rings. The molecule has 0 spiro atoms. The van der Waals surface area contributed by atoms with Crippen molar-refractivity contribution < 1.29 is 13.2 Å². The molecule has 1 aliphatic rings. The maximum absolute atomic E-state index is 12.1. The van der Waals surface area contributed by atoms with Crippen LogP contribution in [0.2, 0.25) is 0 Å². The summed E-state index contributed by atoms with van der Waals surface area (Å²) in [6, 6.07) is 5.05. The number of hydrogen-bond donors (Lipinski definition) is 2. The van der Waals surface area contributed by atoms with Crippen molar-refractivity contribution in [2.75, 3.05) is 11.1 Å². The summed E-state index contributed by atoms with van der Waals surface area (Å²) in [6.07, 6.45) is 0. The minimum atomic E-state index is -3.71. The average Bonchev–Trinajstić information content (AvgIpc) is 2.34. The van der Waals surface area contributed by atoms with Crippen LogP contribution < -0.4 is 10.6 Å². The lowest BCUT2D eigenvalue weighted by Gasteiger charge is -2.18. The second-order valence-corrected chi connectivity index (χ2v) is 7.54. The van der Waals surface area contributed by atoms with Crippen molar-refractivity contribution in [3.63, 3.8) is 0 Å². The van der Waals surface area contributed by atoms with Crippen molar-refractivity contribution in [1.82, 2.24) is 5.32 Å². The SMILES string of the molecule is Cc1ccc2c(c1)NC(SCC(=O)NC(C)C)=NS2(=O)=O. The van der Waals surface area contributed by atoms with Crippen LogP contribution in [0.15, 0.2) is 27.5 Å². The summed E-state index contributed by atoms with van der Waals surface area (Å²) >= 11 is 1.07. The zero-order valence-corrected chi connectivity index (χ0v) is 13.6. The van der Waals surface area contributed by atoms with Crippen LogP contribution in [0.3, 0.4) is 0 Å². The van der Waals surface area contributed by atoms with Gasteiger partial charge in [-0.15, -0.1) is 4.40 Å². The smallest absolute Gasteiger partial charge is 0.286 e. The molecule has 1 amide bonds. The predicted octanol–water partition coefficient (Wildman–Crippen LogP) is 1.72. The van der Waals surface area contributed by atoms with Crippen molar-refractivity contribution in [1.29, 1.82) is 0 Å². The Kier molecular flexibility index (Phi) is 4.58. The summed E-state index contributed by atoms with van der Waals surface area (Å²) in [4.78, 5) is 11.7. The quantitative estimate of drug-likeness (QED) is 0.882. The van der Waals surface area contributed by atoms with Gasteiger partial charge >= 0.3 is 0 Å². The van der Waals surface area contributed by atoms with Gasteiger partial charge in [-0.1, -0.05) is 17.8 Å². The third-order valence-corrected chi connectivity index (χ3v) is 4.97. The van der Waals surface area contributed by atoms with Gasteiger partial charge in [-0.3, -0.25) is 4.79 Å². The van der Waals surface area contributed by atoms with Gasteiger partial charge in [0.2, 0.25) is 5.91 Å². The Labute approximate surface area is 128 Å². The van der Waals surface area contributed by atoms with E-state index in [-0.39, 0.29) is 27.8 Å². The van der Waals surface area contributed by atoms with Crippen LogP contribution in [0.1, 0.15) is 19.4 Å². The Morgan fingerprint density at radius 3 is 2.81 bits per heavy atom. The van der Waals surface area contributed by atoms with E-state index in [1.54, 1.807) is 12.1 Å². The number of nitrogens with one attached hydrogen (secondary N) is 2. The molecule has 0 bridgehead atoms. The largest absolute Gasteiger partial charge is 0.353 e. The first-order chi connectivity index (χ1) is 9.78. The summed E-state index contributed by atoms with van der Waals surface area (Å²) in [5.41, 5.74) is 1.44. The number of fused-ring (bicyclic) bond motifs is 1. The number of nitrogens with zero attached hydrogens (tertiary/aromatic N) is 1. The van der Waals surface area contributed by atoms with Crippen LogP contribution in [0.5, 0.6) is 0 Å². The van der Waals surface area contributed by atoms with E-state index in [1.807, 2.05) is 20.8 Å². The molecule has 1 aliphatic heterocycles. The maximum atomic E-state index is 12.1. The van der Waals surface area contributed by atoms with Crippen LogP contribution in [0.25, 0.3) is 0 Å². The van der Waals surface area contributed by atoms with Gasteiger partial charge in [-0.05, 0) is 38.5 Å². The summed E-state index contributed by atoms with van der Waals surface area (Å²) in [5.74, 6) is -0.0485. The number of carbonyl (C=O) groups is 1. The van der Waals surface area contributed by atoms with Crippen molar-refractivity contribution in [2.45, 2.75) is 31.7 Å². The maximum Gasteiger partial charge on any atom is 0.286 e. The zero-order valence-electron chi connectivity index (χ0n) is 12.0. The van der Waals surface area contributed by atoms with Gasteiger partial charge in [-0.25, -0.2) is 0 Å². The van der Waals surface area contributed by atoms with Gasteiger partial charge in [0, 0.05) is 6.04 Å². The van der Waals surface area contributed by atoms with Crippen molar-refractivity contribution >= 4 is 38.5 Å². The first-order valence-corrected chi connectivity index (χ1v) is 8.85. The molecule has 0 radical (unpaired) electrons. The molecule has 0 atom stereocenters. The molecule has 6 nitrogen and oxygen atoms in total.